The van der Waals surface area contributed by atoms with E-state index < -0.39 is 5.97 Å². The number of carbonyl (C=O) groups is 1. The van der Waals surface area contributed by atoms with Gasteiger partial charge in [-0.3, -0.25) is 4.79 Å². The van der Waals surface area contributed by atoms with E-state index in [0.29, 0.717) is 10.2 Å². The summed E-state index contributed by atoms with van der Waals surface area (Å²) >= 11 is 7.51. The lowest BCUT2D eigenvalue weighted by molar-refractivity contribution is -0.133. The molecule has 0 unspecified atom stereocenters. The molecule has 158 valence electrons. The highest BCUT2D eigenvalue weighted by Gasteiger charge is 2.51. The molecule has 0 atom stereocenters. The van der Waals surface area contributed by atoms with E-state index in [-0.39, 0.29) is 28.3 Å². The number of nitrogens with zero attached hydrogens (tertiary/aromatic N) is 3. The number of carboxylic acids is 1. The number of amidine groups is 2. The topological polar surface area (TPSA) is 65.3 Å². The lowest BCUT2D eigenvalue weighted by atomic mass is 9.94. The van der Waals surface area contributed by atoms with Crippen molar-refractivity contribution >= 4 is 68.7 Å². The highest BCUT2D eigenvalue weighted by atomic mass is 79.9. The van der Waals surface area contributed by atoms with E-state index in [1.807, 2.05) is 55.5 Å². The summed E-state index contributed by atoms with van der Waals surface area (Å²) in [5.74, 6) is -0.163. The number of carboxylic acid groups (broad SMARTS) is 1. The van der Waals surface area contributed by atoms with Crippen LogP contribution in [0.2, 0.25) is 5.02 Å². The van der Waals surface area contributed by atoms with Gasteiger partial charge in [-0.15, -0.1) is 17.0 Å². The summed E-state index contributed by atoms with van der Waals surface area (Å²) in [6.45, 7) is 2.05. The predicted octanol–water partition coefficient (Wildman–Crippen LogP) is 6.26. The fourth-order valence-electron chi connectivity index (χ4n) is 4.00. The van der Waals surface area contributed by atoms with Crippen molar-refractivity contribution in [2.45, 2.75) is 38.1 Å². The van der Waals surface area contributed by atoms with Crippen LogP contribution in [0.5, 0.6) is 0 Å². The number of aliphatic imine (C=N–C) groups is 2. The molecule has 2 aliphatic rings. The summed E-state index contributed by atoms with van der Waals surface area (Å²) < 4.78 is 0. The first kappa shape index (κ1) is 22.8. The summed E-state index contributed by atoms with van der Waals surface area (Å²) in [6.07, 6.45) is 4.00. The Hall–Kier alpha value is -1.83. The Kier molecular flexibility index (Phi) is 7.26. The Bertz CT molecular complexity index is 988. The van der Waals surface area contributed by atoms with Gasteiger partial charge in [0.05, 0.1) is 11.4 Å². The monoisotopic (exact) mass is 507 g/mol. The molecular formula is C22H23BrClN3O2S. The second kappa shape index (κ2) is 9.54. The Morgan fingerprint density at radius 3 is 2.57 bits per heavy atom. The molecule has 1 N–H and O–H groups in total. The van der Waals surface area contributed by atoms with E-state index in [0.717, 1.165) is 42.9 Å². The zero-order valence-corrected chi connectivity index (χ0v) is 19.8. The number of rotatable bonds is 4. The fourth-order valence-corrected chi connectivity index (χ4v) is 5.00. The van der Waals surface area contributed by atoms with Gasteiger partial charge in [0.2, 0.25) is 0 Å². The van der Waals surface area contributed by atoms with Gasteiger partial charge in [-0.2, -0.15) is 0 Å². The number of anilines is 1. The fraction of sp³-hybridized carbons (Fsp3) is 0.318. The van der Waals surface area contributed by atoms with Gasteiger partial charge in [-0.25, -0.2) is 9.98 Å². The van der Waals surface area contributed by atoms with Gasteiger partial charge in [-0.05, 0) is 50.1 Å². The third-order valence-electron chi connectivity index (χ3n) is 5.33. The molecule has 2 aromatic rings. The maximum absolute atomic E-state index is 11.2. The summed E-state index contributed by atoms with van der Waals surface area (Å²) in [7, 11) is 0. The van der Waals surface area contributed by atoms with Gasteiger partial charge in [0.25, 0.3) is 0 Å². The smallest absolute Gasteiger partial charge is 0.313 e. The van der Waals surface area contributed by atoms with E-state index in [1.54, 1.807) is 0 Å². The van der Waals surface area contributed by atoms with Crippen molar-refractivity contribution in [3.05, 3.63) is 59.1 Å². The normalized spacial score (nSPS) is 18.5. The van der Waals surface area contributed by atoms with Crippen LogP contribution in [0.4, 0.5) is 11.4 Å². The first-order valence-corrected chi connectivity index (χ1v) is 11.0. The number of halogens is 2. The molecule has 30 heavy (non-hydrogen) atoms. The molecular weight excluding hydrogens is 486 g/mol. The molecule has 1 heterocycles. The quantitative estimate of drug-likeness (QED) is 0.529. The molecule has 1 spiro atoms. The van der Waals surface area contributed by atoms with Gasteiger partial charge >= 0.3 is 5.97 Å². The van der Waals surface area contributed by atoms with E-state index in [1.165, 1.54) is 17.3 Å². The van der Waals surface area contributed by atoms with Gasteiger partial charge in [-0.1, -0.05) is 60.0 Å². The van der Waals surface area contributed by atoms with Crippen LogP contribution in [0.3, 0.4) is 0 Å². The third-order valence-corrected chi connectivity index (χ3v) is 6.49. The molecule has 0 aromatic heterocycles. The van der Waals surface area contributed by atoms with Crippen LogP contribution in [-0.2, 0) is 4.79 Å². The van der Waals surface area contributed by atoms with Crippen molar-refractivity contribution in [2.24, 2.45) is 9.98 Å². The van der Waals surface area contributed by atoms with Crippen LogP contribution in [0.15, 0.2) is 58.5 Å². The van der Waals surface area contributed by atoms with Crippen LogP contribution >= 0.6 is 40.3 Å². The molecule has 2 aromatic carbocycles. The first-order chi connectivity index (χ1) is 14.0. The van der Waals surface area contributed by atoms with Gasteiger partial charge in [0.1, 0.15) is 5.54 Å². The number of aliphatic carboxylic acids is 1. The van der Waals surface area contributed by atoms with Gasteiger partial charge < -0.3 is 10.0 Å². The second-order valence-corrected chi connectivity index (χ2v) is 8.78. The molecule has 0 saturated heterocycles. The SMILES string of the molecule is Br.Cc1ccc(N=C2N=C(SCC(=O)O)N(c3cccc(Cl)c3)C23CCCC3)cc1. The number of benzene rings is 2. The van der Waals surface area contributed by atoms with Crippen molar-refractivity contribution in [1.82, 2.24) is 0 Å². The Balaban J connectivity index is 0.00000256. The zero-order chi connectivity index (χ0) is 20.4. The second-order valence-electron chi connectivity index (χ2n) is 7.40. The minimum absolute atomic E-state index is 0. The van der Waals surface area contributed by atoms with Crippen LogP contribution in [0.1, 0.15) is 31.2 Å². The largest absolute Gasteiger partial charge is 0.481 e. The minimum atomic E-state index is -0.867. The van der Waals surface area contributed by atoms with Crippen LogP contribution in [-0.4, -0.2) is 33.4 Å². The average molecular weight is 509 g/mol. The lowest BCUT2D eigenvalue weighted by Crippen LogP contribution is -2.49. The van der Waals surface area contributed by atoms with Crippen LogP contribution in [0, 0.1) is 6.92 Å². The first-order valence-electron chi connectivity index (χ1n) is 9.63. The van der Waals surface area contributed by atoms with Gasteiger partial charge in [0.15, 0.2) is 11.0 Å². The molecule has 0 radical (unpaired) electrons. The molecule has 1 aliphatic carbocycles. The molecule has 0 amide bonds. The standard InChI is InChI=1S/C22H22ClN3O2S.BrH/c1-15-7-9-17(10-8-15)24-20-22(11-2-3-12-22)26(18-6-4-5-16(23)13-18)21(25-20)29-14-19(27)28;/h4-10,13H,2-3,11-12,14H2,1H3,(H,27,28);1H. The molecule has 0 bridgehead atoms. The average Bonchev–Trinajstić information content (AvgIpc) is 3.28. The third kappa shape index (κ3) is 4.58. The Labute approximate surface area is 196 Å². The molecule has 1 fully saturated rings. The van der Waals surface area contributed by atoms with Crippen LogP contribution < -0.4 is 4.90 Å². The molecule has 4 rings (SSSR count). The van der Waals surface area contributed by atoms with Crippen molar-refractivity contribution in [1.29, 1.82) is 0 Å². The molecule has 8 heteroatoms. The van der Waals surface area contributed by atoms with E-state index in [4.69, 9.17) is 21.6 Å². The number of hydrogen-bond donors (Lipinski definition) is 1. The number of thioether (sulfide) groups is 1. The molecule has 1 saturated carbocycles. The summed E-state index contributed by atoms with van der Waals surface area (Å²) in [6, 6.07) is 15.7. The zero-order valence-electron chi connectivity index (χ0n) is 16.5. The van der Waals surface area contributed by atoms with Crippen molar-refractivity contribution in [3.63, 3.8) is 0 Å². The highest BCUT2D eigenvalue weighted by Crippen LogP contribution is 2.46. The maximum atomic E-state index is 11.2. The highest BCUT2D eigenvalue weighted by molar-refractivity contribution is 8.93. The van der Waals surface area contributed by atoms with Crippen molar-refractivity contribution in [3.8, 4) is 0 Å². The van der Waals surface area contributed by atoms with E-state index in [9.17, 15) is 9.90 Å². The van der Waals surface area contributed by atoms with E-state index >= 15 is 0 Å². The molecule has 1 aliphatic heterocycles. The van der Waals surface area contributed by atoms with Crippen molar-refractivity contribution < 1.29 is 9.90 Å². The predicted molar refractivity (Wildman–Crippen MR) is 131 cm³/mol. The Morgan fingerprint density at radius 2 is 1.93 bits per heavy atom. The Morgan fingerprint density at radius 1 is 1.23 bits per heavy atom. The summed E-state index contributed by atoms with van der Waals surface area (Å²) in [5.41, 5.74) is 2.59. The number of hydrogen-bond acceptors (Lipinski definition) is 4. The molecule has 5 nitrogen and oxygen atoms in total. The maximum Gasteiger partial charge on any atom is 0.313 e. The summed E-state index contributed by atoms with van der Waals surface area (Å²) in [5, 5.41) is 10.5. The van der Waals surface area contributed by atoms with Gasteiger partial charge in [0, 0.05) is 10.7 Å². The van der Waals surface area contributed by atoms with Crippen molar-refractivity contribution in [2.75, 3.05) is 10.7 Å². The van der Waals surface area contributed by atoms with E-state index in [2.05, 4.69) is 4.90 Å². The summed E-state index contributed by atoms with van der Waals surface area (Å²) in [4.78, 5) is 23.1. The lowest BCUT2D eigenvalue weighted by Gasteiger charge is -2.36. The van der Waals surface area contributed by atoms with Crippen LogP contribution in [0.25, 0.3) is 0 Å². The number of aryl methyl sites for hydroxylation is 1. The minimum Gasteiger partial charge on any atom is -0.481 e.